The second-order valence-electron chi connectivity index (χ2n) is 6.92. The topological polar surface area (TPSA) is 61.8 Å². The predicted molar refractivity (Wildman–Crippen MR) is 90.5 cm³/mol. The van der Waals surface area contributed by atoms with E-state index < -0.39 is 5.60 Å². The molecule has 1 aromatic rings. The quantitative estimate of drug-likeness (QED) is 0.871. The summed E-state index contributed by atoms with van der Waals surface area (Å²) in [5.74, 6) is 0.379. The summed E-state index contributed by atoms with van der Waals surface area (Å²) in [6.45, 7) is 3.82. The third-order valence-corrected chi connectivity index (χ3v) is 6.05. The number of hydrogen-bond acceptors (Lipinski definition) is 5. The maximum atomic E-state index is 12.5. The Morgan fingerprint density at radius 1 is 1.61 bits per heavy atom. The van der Waals surface area contributed by atoms with Crippen LogP contribution in [-0.4, -0.2) is 60.4 Å². The van der Waals surface area contributed by atoms with Crippen LogP contribution < -0.4 is 5.32 Å². The van der Waals surface area contributed by atoms with Gasteiger partial charge in [-0.1, -0.05) is 6.07 Å². The van der Waals surface area contributed by atoms with Crippen LogP contribution >= 0.6 is 11.3 Å². The highest BCUT2D eigenvalue weighted by atomic mass is 32.1. The minimum Gasteiger partial charge on any atom is -0.388 e. The summed E-state index contributed by atoms with van der Waals surface area (Å²) in [7, 11) is 1.86. The highest BCUT2D eigenvalue weighted by Gasteiger charge is 2.43. The molecular weight excluding hydrogens is 312 g/mol. The molecule has 128 valence electrons. The maximum absolute atomic E-state index is 12.5. The van der Waals surface area contributed by atoms with Gasteiger partial charge in [0.15, 0.2) is 0 Å². The monoisotopic (exact) mass is 338 g/mol. The van der Waals surface area contributed by atoms with Gasteiger partial charge in [0.2, 0.25) is 5.91 Å². The molecule has 0 aliphatic carbocycles. The van der Waals surface area contributed by atoms with Crippen LogP contribution in [0, 0.1) is 5.92 Å². The van der Waals surface area contributed by atoms with E-state index in [9.17, 15) is 9.90 Å². The van der Waals surface area contributed by atoms with Crippen molar-refractivity contribution < 1.29 is 14.6 Å². The number of likely N-dealkylation sites (tertiary alicyclic amines) is 1. The van der Waals surface area contributed by atoms with Crippen LogP contribution in [0.5, 0.6) is 0 Å². The molecule has 1 aromatic heterocycles. The number of aliphatic hydroxyl groups is 1. The molecule has 6 heteroatoms. The maximum Gasteiger partial charge on any atom is 0.227 e. The first-order chi connectivity index (χ1) is 11.0. The fourth-order valence-electron chi connectivity index (χ4n) is 3.79. The second kappa shape index (κ2) is 6.89. The van der Waals surface area contributed by atoms with Gasteiger partial charge in [0.1, 0.15) is 0 Å². The number of rotatable bonds is 3. The summed E-state index contributed by atoms with van der Waals surface area (Å²) in [5.41, 5.74) is -0.812. The van der Waals surface area contributed by atoms with Gasteiger partial charge < -0.3 is 20.1 Å². The highest BCUT2D eigenvalue weighted by Crippen LogP contribution is 2.33. The van der Waals surface area contributed by atoms with Gasteiger partial charge in [-0.2, -0.15) is 0 Å². The predicted octanol–water partition coefficient (Wildman–Crippen LogP) is 1.27. The number of hydrogen-bond donors (Lipinski definition) is 2. The van der Waals surface area contributed by atoms with Crippen LogP contribution in [0.15, 0.2) is 17.5 Å². The van der Waals surface area contributed by atoms with E-state index in [1.807, 2.05) is 36.4 Å². The van der Waals surface area contributed by atoms with E-state index in [2.05, 4.69) is 5.32 Å². The van der Waals surface area contributed by atoms with Gasteiger partial charge in [-0.3, -0.25) is 4.79 Å². The minimum absolute atomic E-state index is 0.0663. The number of amides is 1. The second-order valence-corrected chi connectivity index (χ2v) is 7.95. The lowest BCUT2D eigenvalue weighted by atomic mass is 9.82. The van der Waals surface area contributed by atoms with Gasteiger partial charge in [-0.05, 0) is 38.3 Å². The first kappa shape index (κ1) is 16.9. The molecule has 1 amide bonds. The molecule has 2 saturated heterocycles. The van der Waals surface area contributed by atoms with Crippen LogP contribution in [0.4, 0.5) is 0 Å². The molecular formula is C17H26N2O3S. The Hall–Kier alpha value is -0.950. The Balaban J connectivity index is 1.65. The average molecular weight is 338 g/mol. The Bertz CT molecular complexity index is 532. The average Bonchev–Trinajstić information content (AvgIpc) is 2.96. The van der Waals surface area contributed by atoms with Crippen molar-refractivity contribution in [2.24, 2.45) is 5.92 Å². The zero-order valence-corrected chi connectivity index (χ0v) is 14.6. The number of carbonyl (C=O) groups is 1. The smallest absolute Gasteiger partial charge is 0.227 e. The summed E-state index contributed by atoms with van der Waals surface area (Å²) in [6, 6.07) is 3.92. The molecule has 0 spiro atoms. The largest absolute Gasteiger partial charge is 0.388 e. The number of piperidine rings is 1. The van der Waals surface area contributed by atoms with Crippen molar-refractivity contribution >= 4 is 17.2 Å². The Labute approximate surface area is 141 Å². The number of thiophene rings is 1. The summed E-state index contributed by atoms with van der Waals surface area (Å²) in [6.07, 6.45) is 2.13. The van der Waals surface area contributed by atoms with Crippen LogP contribution in [0.1, 0.15) is 24.6 Å². The van der Waals surface area contributed by atoms with Crippen LogP contribution in [-0.2, 0) is 16.0 Å². The van der Waals surface area contributed by atoms with Gasteiger partial charge in [0.05, 0.1) is 30.8 Å². The van der Waals surface area contributed by atoms with E-state index in [0.717, 1.165) is 17.8 Å². The Kier molecular flexibility index (Phi) is 5.06. The first-order valence-electron chi connectivity index (χ1n) is 8.31. The van der Waals surface area contributed by atoms with Crippen LogP contribution in [0.2, 0.25) is 0 Å². The van der Waals surface area contributed by atoms with Crippen molar-refractivity contribution in [3.05, 3.63) is 22.4 Å². The molecule has 0 bridgehead atoms. The highest BCUT2D eigenvalue weighted by molar-refractivity contribution is 7.10. The summed E-state index contributed by atoms with van der Waals surface area (Å²) in [4.78, 5) is 15.6. The van der Waals surface area contributed by atoms with Crippen molar-refractivity contribution in [3.63, 3.8) is 0 Å². The molecule has 0 unspecified atom stereocenters. The van der Waals surface area contributed by atoms with Crippen LogP contribution in [0.3, 0.4) is 0 Å². The zero-order chi connectivity index (χ0) is 16.4. The molecule has 2 aliphatic heterocycles. The van der Waals surface area contributed by atoms with Crippen LogP contribution in [0.25, 0.3) is 0 Å². The summed E-state index contributed by atoms with van der Waals surface area (Å²) in [5, 5.41) is 15.9. The van der Waals surface area contributed by atoms with Gasteiger partial charge in [0, 0.05) is 23.9 Å². The Morgan fingerprint density at radius 2 is 2.43 bits per heavy atom. The van der Waals surface area contributed by atoms with Gasteiger partial charge >= 0.3 is 0 Å². The number of fused-ring (bicyclic) bond motifs is 1. The summed E-state index contributed by atoms with van der Waals surface area (Å²) < 4.78 is 6.02. The molecule has 2 fully saturated rings. The molecule has 0 aromatic carbocycles. The number of ether oxygens (including phenoxy) is 1. The molecule has 2 N–H and O–H groups in total. The van der Waals surface area contributed by atoms with Gasteiger partial charge in [0.25, 0.3) is 0 Å². The molecule has 3 heterocycles. The van der Waals surface area contributed by atoms with Crippen molar-refractivity contribution in [3.8, 4) is 0 Å². The van der Waals surface area contributed by atoms with E-state index in [-0.39, 0.29) is 24.0 Å². The molecule has 3 rings (SSSR count). The number of carbonyl (C=O) groups excluding carboxylic acids is 1. The zero-order valence-electron chi connectivity index (χ0n) is 13.8. The Morgan fingerprint density at radius 3 is 3.13 bits per heavy atom. The fraction of sp³-hybridized carbons (Fsp3) is 0.706. The molecule has 2 aliphatic rings. The number of likely N-dealkylation sites (N-methyl/N-ethyl adjacent to an activating group) is 1. The fourth-order valence-corrected chi connectivity index (χ4v) is 4.49. The SMILES string of the molecule is CN[C@@H]1CO[C@@H]2CCN(C(=O)Cc3cccs3)C[C@@H]2C[C@@]1(C)O. The van der Waals surface area contributed by atoms with Crippen molar-refractivity contribution in [1.82, 2.24) is 10.2 Å². The molecule has 0 radical (unpaired) electrons. The first-order valence-corrected chi connectivity index (χ1v) is 9.19. The third kappa shape index (κ3) is 3.76. The van der Waals surface area contributed by atoms with Crippen molar-refractivity contribution in [2.45, 2.75) is 43.9 Å². The number of nitrogens with zero attached hydrogens (tertiary/aromatic N) is 1. The van der Waals surface area contributed by atoms with Gasteiger partial charge in [-0.15, -0.1) is 11.3 Å². The minimum atomic E-state index is -0.812. The van der Waals surface area contributed by atoms with E-state index in [1.54, 1.807) is 11.3 Å². The van der Waals surface area contributed by atoms with Crippen molar-refractivity contribution in [2.75, 3.05) is 26.7 Å². The lowest BCUT2D eigenvalue weighted by Gasteiger charge is -2.39. The number of nitrogens with one attached hydrogen (secondary N) is 1. The summed E-state index contributed by atoms with van der Waals surface area (Å²) >= 11 is 1.62. The molecule has 0 saturated carbocycles. The van der Waals surface area contributed by atoms with Gasteiger partial charge in [-0.25, -0.2) is 0 Å². The lowest BCUT2D eigenvalue weighted by Crippen LogP contribution is -2.51. The van der Waals surface area contributed by atoms with E-state index in [4.69, 9.17) is 4.74 Å². The molecule has 5 nitrogen and oxygen atoms in total. The van der Waals surface area contributed by atoms with Crippen molar-refractivity contribution in [1.29, 1.82) is 0 Å². The lowest BCUT2D eigenvalue weighted by molar-refractivity contribution is -0.135. The standard InChI is InChI=1S/C17H26N2O3S/c1-17(21)9-12-10-19(16(20)8-13-4-3-7-23-13)6-5-14(12)22-11-15(17)18-2/h3-4,7,12,14-15,18,21H,5-6,8-11H2,1-2H3/t12-,14+,15+,17+/m0/s1. The molecule has 4 atom stereocenters. The van der Waals surface area contributed by atoms with E-state index in [0.29, 0.717) is 26.0 Å². The van der Waals surface area contributed by atoms with E-state index >= 15 is 0 Å². The van der Waals surface area contributed by atoms with E-state index in [1.165, 1.54) is 0 Å². The third-order valence-electron chi connectivity index (χ3n) is 5.17. The normalized spacial score (nSPS) is 34.7. The molecule has 23 heavy (non-hydrogen) atoms.